The minimum Gasteiger partial charge on any atom is -0.462 e. The predicted octanol–water partition coefficient (Wildman–Crippen LogP) is 2.94. The molecule has 0 aromatic heterocycles. The van der Waals surface area contributed by atoms with Crippen molar-refractivity contribution in [2.75, 3.05) is 25.1 Å². The molecular weight excluding hydrogens is 338 g/mol. The average molecular weight is 363 g/mol. The highest BCUT2D eigenvalue weighted by molar-refractivity contribution is 5.99. The molecule has 0 saturated carbocycles. The smallest absolute Gasteiger partial charge is 0.338 e. The number of carbonyl (C=O) groups excluding carboxylic acids is 3. The summed E-state index contributed by atoms with van der Waals surface area (Å²) in [7, 11) is 0. The van der Waals surface area contributed by atoms with Gasteiger partial charge in [0.05, 0.1) is 30.4 Å². The Bertz CT molecular complexity index is 615. The second-order valence-electron chi connectivity index (χ2n) is 5.96. The molecule has 1 aliphatic heterocycles. The quantitative estimate of drug-likeness (QED) is 0.714. The van der Waals surface area contributed by atoms with Gasteiger partial charge in [0.15, 0.2) is 0 Å². The van der Waals surface area contributed by atoms with Crippen molar-refractivity contribution < 1.29 is 28.6 Å². The topological polar surface area (TPSA) is 90.9 Å². The maximum absolute atomic E-state index is 12.2. The minimum absolute atomic E-state index is 0.127. The number of hydrogen-bond acceptors (Lipinski definition) is 6. The number of hydrogen-bond donors (Lipinski definition) is 1. The normalized spacial score (nSPS) is 16.2. The molecule has 1 heterocycles. The number of amides is 1. The molecule has 1 aliphatic rings. The zero-order chi connectivity index (χ0) is 18.9. The number of esters is 2. The second-order valence-corrected chi connectivity index (χ2v) is 5.96. The van der Waals surface area contributed by atoms with Crippen LogP contribution in [0.2, 0.25) is 0 Å². The molecule has 0 aliphatic carbocycles. The van der Waals surface area contributed by atoms with Gasteiger partial charge >= 0.3 is 11.9 Å². The van der Waals surface area contributed by atoms with E-state index in [1.165, 1.54) is 18.2 Å². The van der Waals surface area contributed by atoms with Crippen LogP contribution in [0.5, 0.6) is 0 Å². The molecule has 142 valence electrons. The zero-order valence-corrected chi connectivity index (χ0v) is 15.2. The van der Waals surface area contributed by atoms with Gasteiger partial charge in [-0.1, -0.05) is 0 Å². The maximum Gasteiger partial charge on any atom is 0.338 e. The van der Waals surface area contributed by atoms with Gasteiger partial charge in [0.1, 0.15) is 0 Å². The van der Waals surface area contributed by atoms with E-state index in [4.69, 9.17) is 14.2 Å². The largest absolute Gasteiger partial charge is 0.462 e. The monoisotopic (exact) mass is 363 g/mol. The molecule has 1 aromatic rings. The zero-order valence-electron chi connectivity index (χ0n) is 15.2. The summed E-state index contributed by atoms with van der Waals surface area (Å²) in [5.41, 5.74) is 0.731. The maximum atomic E-state index is 12.2. The second kappa shape index (κ2) is 9.91. The van der Waals surface area contributed by atoms with Crippen LogP contribution in [0.15, 0.2) is 18.2 Å². The lowest BCUT2D eigenvalue weighted by molar-refractivity contribution is -0.116. The van der Waals surface area contributed by atoms with E-state index in [2.05, 4.69) is 5.32 Å². The van der Waals surface area contributed by atoms with Gasteiger partial charge in [-0.25, -0.2) is 9.59 Å². The van der Waals surface area contributed by atoms with Gasteiger partial charge in [0.25, 0.3) is 0 Å². The molecule has 0 spiro atoms. The Morgan fingerprint density at radius 1 is 1.08 bits per heavy atom. The number of carbonyl (C=O) groups is 3. The van der Waals surface area contributed by atoms with Crippen LogP contribution >= 0.6 is 0 Å². The van der Waals surface area contributed by atoms with Crippen molar-refractivity contribution in [1.29, 1.82) is 0 Å². The van der Waals surface area contributed by atoms with E-state index in [0.29, 0.717) is 18.5 Å². The fourth-order valence-electron chi connectivity index (χ4n) is 2.75. The number of rotatable bonds is 8. The van der Waals surface area contributed by atoms with Crippen molar-refractivity contribution >= 4 is 23.5 Å². The summed E-state index contributed by atoms with van der Waals surface area (Å²) in [6, 6.07) is 4.38. The lowest BCUT2D eigenvalue weighted by atomic mass is 10.1. The van der Waals surface area contributed by atoms with Crippen LogP contribution in [-0.2, 0) is 19.0 Å². The molecule has 2 rings (SSSR count). The fourth-order valence-corrected chi connectivity index (χ4v) is 2.75. The lowest BCUT2D eigenvalue weighted by Crippen LogP contribution is -2.16. The van der Waals surface area contributed by atoms with Crippen LogP contribution in [0.4, 0.5) is 5.69 Å². The molecule has 1 atom stereocenters. The highest BCUT2D eigenvalue weighted by Gasteiger charge is 2.18. The number of ether oxygens (including phenoxy) is 3. The van der Waals surface area contributed by atoms with Crippen LogP contribution in [0.3, 0.4) is 0 Å². The third kappa shape index (κ3) is 5.84. The summed E-state index contributed by atoms with van der Waals surface area (Å²) in [4.78, 5) is 36.2. The third-order valence-electron chi connectivity index (χ3n) is 3.96. The molecule has 7 heteroatoms. The van der Waals surface area contributed by atoms with Gasteiger partial charge in [-0.05, 0) is 51.3 Å². The van der Waals surface area contributed by atoms with Crippen LogP contribution in [0, 0.1) is 0 Å². The highest BCUT2D eigenvalue weighted by atomic mass is 16.5. The first-order valence-electron chi connectivity index (χ1n) is 8.94. The number of nitrogens with one attached hydrogen (secondary N) is 1. The Labute approximate surface area is 153 Å². The Hall–Kier alpha value is -2.41. The van der Waals surface area contributed by atoms with E-state index in [1.54, 1.807) is 13.8 Å². The van der Waals surface area contributed by atoms with E-state index in [9.17, 15) is 14.4 Å². The molecular formula is C19H25NO6. The Morgan fingerprint density at radius 3 is 2.19 bits per heavy atom. The van der Waals surface area contributed by atoms with Crippen LogP contribution in [-0.4, -0.2) is 43.8 Å². The van der Waals surface area contributed by atoms with E-state index >= 15 is 0 Å². The van der Waals surface area contributed by atoms with Crippen molar-refractivity contribution in [3.05, 3.63) is 29.3 Å². The van der Waals surface area contributed by atoms with Crippen molar-refractivity contribution in [3.63, 3.8) is 0 Å². The SMILES string of the molecule is CCOC(=O)c1cc(NC(=O)CCC2CCCO2)cc(C(=O)OCC)c1. The highest BCUT2D eigenvalue weighted by Crippen LogP contribution is 2.20. The first-order chi connectivity index (χ1) is 12.5. The van der Waals surface area contributed by atoms with Crippen LogP contribution in [0.1, 0.15) is 60.2 Å². The van der Waals surface area contributed by atoms with E-state index in [1.807, 2.05) is 0 Å². The van der Waals surface area contributed by atoms with Crippen LogP contribution < -0.4 is 5.32 Å². The van der Waals surface area contributed by atoms with Crippen molar-refractivity contribution in [2.24, 2.45) is 0 Å². The molecule has 26 heavy (non-hydrogen) atoms. The lowest BCUT2D eigenvalue weighted by Gasteiger charge is -2.12. The molecule has 1 aromatic carbocycles. The van der Waals surface area contributed by atoms with E-state index in [0.717, 1.165) is 19.4 Å². The fraction of sp³-hybridized carbons (Fsp3) is 0.526. The van der Waals surface area contributed by atoms with Crippen molar-refractivity contribution in [3.8, 4) is 0 Å². The number of anilines is 1. The molecule has 0 radical (unpaired) electrons. The van der Waals surface area contributed by atoms with Crippen molar-refractivity contribution in [2.45, 2.75) is 45.6 Å². The molecule has 7 nitrogen and oxygen atoms in total. The summed E-state index contributed by atoms with van der Waals surface area (Å²) >= 11 is 0. The van der Waals surface area contributed by atoms with Gasteiger partial charge < -0.3 is 19.5 Å². The third-order valence-corrected chi connectivity index (χ3v) is 3.96. The first-order valence-corrected chi connectivity index (χ1v) is 8.94. The molecule has 0 bridgehead atoms. The van der Waals surface area contributed by atoms with Crippen molar-refractivity contribution in [1.82, 2.24) is 0 Å². The molecule has 1 unspecified atom stereocenters. The van der Waals surface area contributed by atoms with Gasteiger partial charge in [0.2, 0.25) is 5.91 Å². The van der Waals surface area contributed by atoms with E-state index in [-0.39, 0.29) is 36.4 Å². The van der Waals surface area contributed by atoms with Gasteiger partial charge in [0, 0.05) is 18.7 Å². The summed E-state index contributed by atoms with van der Waals surface area (Å²) in [6.07, 6.45) is 3.08. The molecule has 1 saturated heterocycles. The molecule has 1 fully saturated rings. The van der Waals surface area contributed by atoms with Gasteiger partial charge in [-0.3, -0.25) is 4.79 Å². The predicted molar refractivity (Wildman–Crippen MR) is 95.2 cm³/mol. The van der Waals surface area contributed by atoms with Crippen LogP contribution in [0.25, 0.3) is 0 Å². The summed E-state index contributed by atoms with van der Waals surface area (Å²) < 4.78 is 15.5. The summed E-state index contributed by atoms with van der Waals surface area (Å²) in [6.45, 7) is 4.57. The van der Waals surface area contributed by atoms with Gasteiger partial charge in [-0.15, -0.1) is 0 Å². The van der Waals surface area contributed by atoms with Gasteiger partial charge in [-0.2, -0.15) is 0 Å². The Balaban J connectivity index is 2.09. The minimum atomic E-state index is -0.562. The summed E-state index contributed by atoms with van der Waals surface area (Å²) in [5.74, 6) is -1.32. The molecule has 1 N–H and O–H groups in total. The Kier molecular flexibility index (Phi) is 7.59. The van der Waals surface area contributed by atoms with E-state index < -0.39 is 11.9 Å². The first kappa shape index (κ1) is 19.9. The average Bonchev–Trinajstić information content (AvgIpc) is 3.13. The Morgan fingerprint density at radius 2 is 1.69 bits per heavy atom. The summed E-state index contributed by atoms with van der Waals surface area (Å²) in [5, 5.41) is 2.73. The number of benzene rings is 1. The standard InChI is InChI=1S/C19H25NO6/c1-3-24-18(22)13-10-14(19(23)25-4-2)12-15(11-13)20-17(21)8-7-16-6-5-9-26-16/h10-12,16H,3-9H2,1-2H3,(H,20,21). The molecule has 1 amide bonds.